The Morgan fingerprint density at radius 2 is 2.11 bits per heavy atom. The largest absolute Gasteiger partial charge is 0.377 e. The lowest BCUT2D eigenvalue weighted by Gasteiger charge is -2.14. The zero-order chi connectivity index (χ0) is 13.2. The Morgan fingerprint density at radius 1 is 1.21 bits per heavy atom. The predicted molar refractivity (Wildman–Crippen MR) is 80.6 cm³/mol. The number of nitrogens with zero attached hydrogens (tertiary/aromatic N) is 2. The first kappa shape index (κ1) is 12.1. The van der Waals surface area contributed by atoms with E-state index in [1.165, 1.54) is 4.70 Å². The molecular weight excluding hydrogens is 254 g/mol. The van der Waals surface area contributed by atoms with Crippen molar-refractivity contribution in [3.63, 3.8) is 0 Å². The van der Waals surface area contributed by atoms with Gasteiger partial charge in [0.2, 0.25) is 0 Å². The van der Waals surface area contributed by atoms with Crippen LogP contribution in [-0.2, 0) is 0 Å². The topological polar surface area (TPSA) is 37.8 Å². The molecule has 0 amide bonds. The van der Waals surface area contributed by atoms with Crippen LogP contribution in [0.25, 0.3) is 10.2 Å². The third-order valence-corrected chi connectivity index (χ3v) is 3.94. The van der Waals surface area contributed by atoms with Crippen LogP contribution in [0.1, 0.15) is 23.7 Å². The van der Waals surface area contributed by atoms with E-state index in [1.54, 1.807) is 11.3 Å². The van der Waals surface area contributed by atoms with Crippen LogP contribution in [0.5, 0.6) is 0 Å². The van der Waals surface area contributed by atoms with Gasteiger partial charge >= 0.3 is 0 Å². The van der Waals surface area contributed by atoms with Gasteiger partial charge in [-0.05, 0) is 44.2 Å². The number of thiazole rings is 1. The normalized spacial score (nSPS) is 12.5. The second-order valence-electron chi connectivity index (χ2n) is 4.54. The average molecular weight is 269 g/mol. The molecule has 0 aliphatic carbocycles. The van der Waals surface area contributed by atoms with Gasteiger partial charge in [-0.2, -0.15) is 0 Å². The molecular formula is C15H15N3S. The second-order valence-corrected chi connectivity index (χ2v) is 5.77. The molecule has 0 bridgehead atoms. The fourth-order valence-electron chi connectivity index (χ4n) is 2.09. The van der Waals surface area contributed by atoms with E-state index < -0.39 is 0 Å². The molecule has 2 heterocycles. The van der Waals surface area contributed by atoms with Crippen molar-refractivity contribution in [2.24, 2.45) is 0 Å². The second kappa shape index (κ2) is 4.97. The maximum atomic E-state index is 4.47. The van der Waals surface area contributed by atoms with Crippen molar-refractivity contribution in [1.82, 2.24) is 9.97 Å². The van der Waals surface area contributed by atoms with Crippen molar-refractivity contribution >= 4 is 27.2 Å². The smallest absolute Gasteiger partial charge is 0.0907 e. The van der Waals surface area contributed by atoms with Gasteiger partial charge in [0.05, 0.1) is 27.0 Å². The molecule has 96 valence electrons. The molecule has 19 heavy (non-hydrogen) atoms. The van der Waals surface area contributed by atoms with E-state index in [0.29, 0.717) is 0 Å². The van der Waals surface area contributed by atoms with E-state index in [-0.39, 0.29) is 6.04 Å². The van der Waals surface area contributed by atoms with Gasteiger partial charge in [0.1, 0.15) is 0 Å². The SMILES string of the molecule is Cc1nc2ccc(NC(C)c3ccccn3)cc2s1. The maximum Gasteiger partial charge on any atom is 0.0907 e. The molecule has 3 rings (SSSR count). The van der Waals surface area contributed by atoms with Crippen LogP contribution in [-0.4, -0.2) is 9.97 Å². The van der Waals surface area contributed by atoms with Gasteiger partial charge in [0, 0.05) is 11.9 Å². The van der Waals surface area contributed by atoms with E-state index in [1.807, 2.05) is 31.3 Å². The number of hydrogen-bond acceptors (Lipinski definition) is 4. The summed E-state index contributed by atoms with van der Waals surface area (Å²) in [5, 5.41) is 4.58. The van der Waals surface area contributed by atoms with E-state index in [9.17, 15) is 0 Å². The highest BCUT2D eigenvalue weighted by atomic mass is 32.1. The van der Waals surface area contributed by atoms with E-state index in [2.05, 4.69) is 40.4 Å². The van der Waals surface area contributed by atoms with E-state index in [0.717, 1.165) is 21.9 Å². The molecule has 1 N–H and O–H groups in total. The molecule has 3 aromatic rings. The van der Waals surface area contributed by atoms with Crippen LogP contribution in [0, 0.1) is 6.92 Å². The number of aromatic nitrogens is 2. The van der Waals surface area contributed by atoms with Crippen LogP contribution in [0.2, 0.25) is 0 Å². The summed E-state index contributed by atoms with van der Waals surface area (Å²) >= 11 is 1.72. The van der Waals surface area contributed by atoms with Gasteiger partial charge in [-0.1, -0.05) is 6.07 Å². The summed E-state index contributed by atoms with van der Waals surface area (Å²) in [6, 6.07) is 12.4. The molecule has 3 nitrogen and oxygen atoms in total. The number of aryl methyl sites for hydroxylation is 1. The van der Waals surface area contributed by atoms with Crippen molar-refractivity contribution in [3.05, 3.63) is 53.3 Å². The molecule has 2 aromatic heterocycles. The minimum absolute atomic E-state index is 0.188. The summed E-state index contributed by atoms with van der Waals surface area (Å²) in [5.74, 6) is 0. The monoisotopic (exact) mass is 269 g/mol. The highest BCUT2D eigenvalue weighted by Crippen LogP contribution is 2.26. The number of nitrogens with one attached hydrogen (secondary N) is 1. The molecule has 1 aromatic carbocycles. The summed E-state index contributed by atoms with van der Waals surface area (Å²) in [4.78, 5) is 8.84. The van der Waals surface area contributed by atoms with E-state index in [4.69, 9.17) is 0 Å². The quantitative estimate of drug-likeness (QED) is 0.775. The first-order valence-electron chi connectivity index (χ1n) is 6.27. The summed E-state index contributed by atoms with van der Waals surface area (Å²) in [5.41, 5.74) is 3.22. The first-order valence-corrected chi connectivity index (χ1v) is 7.09. The molecule has 0 saturated carbocycles. The Kier molecular flexibility index (Phi) is 3.17. The molecule has 0 aliphatic heterocycles. The molecule has 1 unspecified atom stereocenters. The highest BCUT2D eigenvalue weighted by molar-refractivity contribution is 7.18. The molecule has 0 saturated heterocycles. The van der Waals surface area contributed by atoms with Gasteiger partial charge < -0.3 is 5.32 Å². The lowest BCUT2D eigenvalue weighted by molar-refractivity contribution is 0.840. The highest BCUT2D eigenvalue weighted by Gasteiger charge is 2.07. The zero-order valence-corrected chi connectivity index (χ0v) is 11.7. The van der Waals surface area contributed by atoms with Gasteiger partial charge in [0.15, 0.2) is 0 Å². The van der Waals surface area contributed by atoms with Crippen molar-refractivity contribution in [2.75, 3.05) is 5.32 Å². The number of pyridine rings is 1. The zero-order valence-electron chi connectivity index (χ0n) is 10.9. The van der Waals surface area contributed by atoms with Crippen LogP contribution in [0.3, 0.4) is 0 Å². The Labute approximate surface area is 116 Å². The summed E-state index contributed by atoms with van der Waals surface area (Å²) < 4.78 is 1.22. The molecule has 0 spiro atoms. The lowest BCUT2D eigenvalue weighted by atomic mass is 10.2. The van der Waals surface area contributed by atoms with Crippen LogP contribution in [0.15, 0.2) is 42.6 Å². The molecule has 4 heteroatoms. The van der Waals surface area contributed by atoms with Crippen LogP contribution >= 0.6 is 11.3 Å². The number of hydrogen-bond donors (Lipinski definition) is 1. The fraction of sp³-hybridized carbons (Fsp3) is 0.200. The average Bonchev–Trinajstić information content (AvgIpc) is 2.79. The van der Waals surface area contributed by atoms with Crippen molar-refractivity contribution in [1.29, 1.82) is 0 Å². The third kappa shape index (κ3) is 2.58. The van der Waals surface area contributed by atoms with Crippen molar-refractivity contribution in [3.8, 4) is 0 Å². The minimum atomic E-state index is 0.188. The summed E-state index contributed by atoms with van der Waals surface area (Å²) in [6.45, 7) is 4.15. The predicted octanol–water partition coefficient (Wildman–Crippen LogP) is 4.17. The van der Waals surface area contributed by atoms with Gasteiger partial charge in [-0.3, -0.25) is 4.98 Å². The first-order chi connectivity index (χ1) is 9.22. The Hall–Kier alpha value is -1.94. The maximum absolute atomic E-state index is 4.47. The number of rotatable bonds is 3. The van der Waals surface area contributed by atoms with Crippen molar-refractivity contribution < 1.29 is 0 Å². The molecule has 0 radical (unpaired) electrons. The fourth-order valence-corrected chi connectivity index (χ4v) is 2.95. The number of benzene rings is 1. The van der Waals surface area contributed by atoms with E-state index >= 15 is 0 Å². The van der Waals surface area contributed by atoms with Crippen LogP contribution in [0.4, 0.5) is 5.69 Å². The standard InChI is InChI=1S/C15H15N3S/c1-10(13-5-3-4-8-16-13)17-12-6-7-14-15(9-12)19-11(2)18-14/h3-10,17H,1-2H3. The van der Waals surface area contributed by atoms with Crippen molar-refractivity contribution in [2.45, 2.75) is 19.9 Å². The Morgan fingerprint density at radius 3 is 2.89 bits per heavy atom. The molecule has 0 fully saturated rings. The van der Waals surface area contributed by atoms with Crippen LogP contribution < -0.4 is 5.32 Å². The molecule has 0 aliphatic rings. The van der Waals surface area contributed by atoms with Gasteiger partial charge in [-0.25, -0.2) is 4.98 Å². The minimum Gasteiger partial charge on any atom is -0.377 e. The van der Waals surface area contributed by atoms with Gasteiger partial charge in [-0.15, -0.1) is 11.3 Å². The number of anilines is 1. The Balaban J connectivity index is 1.85. The van der Waals surface area contributed by atoms with Gasteiger partial charge in [0.25, 0.3) is 0 Å². The molecule has 1 atom stereocenters. The number of fused-ring (bicyclic) bond motifs is 1. The third-order valence-electron chi connectivity index (χ3n) is 3.01. The summed E-state index contributed by atoms with van der Waals surface area (Å²) in [6.07, 6.45) is 1.82. The Bertz CT molecular complexity index is 691. The summed E-state index contributed by atoms with van der Waals surface area (Å²) in [7, 11) is 0. The lowest BCUT2D eigenvalue weighted by Crippen LogP contribution is -2.07.